The Hall–Kier alpha value is -1.14. The molecule has 7 heteroatoms. The predicted molar refractivity (Wildman–Crippen MR) is 83.7 cm³/mol. The van der Waals surface area contributed by atoms with E-state index < -0.39 is 5.97 Å². The molecule has 3 nitrogen and oxygen atoms in total. The number of thiophene rings is 1. The number of nitrogens with one attached hydrogen (secondary N) is 1. The van der Waals surface area contributed by atoms with Gasteiger partial charge in [0.25, 0.3) is 0 Å². The summed E-state index contributed by atoms with van der Waals surface area (Å²) in [6.45, 7) is 0. The van der Waals surface area contributed by atoms with Crippen molar-refractivity contribution < 1.29 is 9.90 Å². The van der Waals surface area contributed by atoms with Crippen LogP contribution >= 0.6 is 46.3 Å². The van der Waals surface area contributed by atoms with E-state index >= 15 is 0 Å². The van der Waals surface area contributed by atoms with Gasteiger partial charge in [-0.05, 0) is 29.6 Å². The van der Waals surface area contributed by atoms with E-state index in [0.29, 0.717) is 14.9 Å². The maximum absolute atomic E-state index is 11.3. The normalized spacial score (nSPS) is 11.1. The quantitative estimate of drug-likeness (QED) is 0.670. The summed E-state index contributed by atoms with van der Waals surface area (Å²) >= 11 is 14.7. The Balaban J connectivity index is 2.11. The van der Waals surface area contributed by atoms with Crippen LogP contribution in [0, 0.1) is 0 Å². The van der Waals surface area contributed by atoms with Gasteiger partial charge in [0, 0.05) is 20.3 Å². The molecule has 102 valence electrons. The highest BCUT2D eigenvalue weighted by Crippen LogP contribution is 2.40. The van der Waals surface area contributed by atoms with Gasteiger partial charge in [-0.15, -0.1) is 11.3 Å². The fourth-order valence-electron chi connectivity index (χ4n) is 1.85. The number of aromatic amines is 1. The number of hydrogen-bond acceptors (Lipinski definition) is 3. The molecule has 2 heterocycles. The van der Waals surface area contributed by atoms with Crippen LogP contribution in [0.4, 0.5) is 0 Å². The SMILES string of the molecule is O=C(O)c1[nH]c2sccc2c1Sc1cc(Cl)cc(Cl)c1. The van der Waals surface area contributed by atoms with Crippen molar-refractivity contribution in [3.63, 3.8) is 0 Å². The Labute approximate surface area is 132 Å². The van der Waals surface area contributed by atoms with Crippen LogP contribution in [-0.4, -0.2) is 16.1 Å². The fourth-order valence-corrected chi connectivity index (χ4v) is 4.50. The predicted octanol–water partition coefficient (Wildman–Crippen LogP) is 5.39. The molecule has 0 aliphatic carbocycles. The molecule has 0 unspecified atom stereocenters. The zero-order chi connectivity index (χ0) is 14.3. The van der Waals surface area contributed by atoms with Crippen molar-refractivity contribution in [2.45, 2.75) is 9.79 Å². The lowest BCUT2D eigenvalue weighted by atomic mass is 10.3. The first-order valence-electron chi connectivity index (χ1n) is 5.51. The molecule has 3 rings (SSSR count). The molecule has 0 aliphatic heterocycles. The van der Waals surface area contributed by atoms with E-state index in [1.165, 1.54) is 23.1 Å². The molecule has 20 heavy (non-hydrogen) atoms. The van der Waals surface area contributed by atoms with Gasteiger partial charge in [-0.2, -0.15) is 0 Å². The number of hydrogen-bond donors (Lipinski definition) is 2. The highest BCUT2D eigenvalue weighted by atomic mass is 35.5. The molecule has 0 amide bonds. The van der Waals surface area contributed by atoms with Crippen molar-refractivity contribution in [3.05, 3.63) is 45.4 Å². The summed E-state index contributed by atoms with van der Waals surface area (Å²) in [5.74, 6) is -0.982. The Morgan fingerprint density at radius 1 is 1.25 bits per heavy atom. The Morgan fingerprint density at radius 3 is 2.60 bits per heavy atom. The summed E-state index contributed by atoms with van der Waals surface area (Å²) in [4.78, 5) is 16.6. The average Bonchev–Trinajstić information content (AvgIpc) is 2.90. The molecule has 2 aromatic heterocycles. The van der Waals surface area contributed by atoms with Crippen molar-refractivity contribution in [2.24, 2.45) is 0 Å². The lowest BCUT2D eigenvalue weighted by Gasteiger charge is -2.03. The molecule has 2 N–H and O–H groups in total. The Morgan fingerprint density at radius 2 is 1.95 bits per heavy atom. The number of benzene rings is 1. The lowest BCUT2D eigenvalue weighted by Crippen LogP contribution is -1.97. The van der Waals surface area contributed by atoms with Gasteiger partial charge < -0.3 is 10.1 Å². The largest absolute Gasteiger partial charge is 0.477 e. The highest BCUT2D eigenvalue weighted by Gasteiger charge is 2.19. The van der Waals surface area contributed by atoms with Crippen LogP contribution < -0.4 is 0 Å². The summed E-state index contributed by atoms with van der Waals surface area (Å²) in [6, 6.07) is 7.06. The Bertz CT molecular complexity index is 790. The van der Waals surface area contributed by atoms with Crippen molar-refractivity contribution >= 4 is 62.5 Å². The number of fused-ring (bicyclic) bond motifs is 1. The first kappa shape index (κ1) is 13.8. The second-order valence-corrected chi connectivity index (χ2v) is 6.88. The number of aromatic nitrogens is 1. The van der Waals surface area contributed by atoms with Crippen LogP contribution in [0.3, 0.4) is 0 Å². The van der Waals surface area contributed by atoms with E-state index in [1.54, 1.807) is 18.2 Å². The van der Waals surface area contributed by atoms with Gasteiger partial charge in [0.1, 0.15) is 10.5 Å². The minimum Gasteiger partial charge on any atom is -0.477 e. The molecule has 0 atom stereocenters. The maximum atomic E-state index is 11.3. The molecule has 3 aromatic rings. The summed E-state index contributed by atoms with van der Waals surface area (Å²) in [6.07, 6.45) is 0. The number of aromatic carboxylic acids is 1. The van der Waals surface area contributed by atoms with E-state index in [1.807, 2.05) is 11.4 Å². The van der Waals surface area contributed by atoms with Crippen LogP contribution in [0.1, 0.15) is 10.5 Å². The summed E-state index contributed by atoms with van der Waals surface area (Å²) in [7, 11) is 0. The van der Waals surface area contributed by atoms with Gasteiger partial charge in [0.15, 0.2) is 0 Å². The van der Waals surface area contributed by atoms with Gasteiger partial charge in [0.05, 0.1) is 4.90 Å². The molecule has 0 saturated carbocycles. The smallest absolute Gasteiger partial charge is 0.353 e. The number of carboxylic acid groups (broad SMARTS) is 1. The number of halogens is 2. The second-order valence-electron chi connectivity index (χ2n) is 4.00. The second kappa shape index (κ2) is 5.33. The van der Waals surface area contributed by atoms with Crippen LogP contribution in [0.25, 0.3) is 10.2 Å². The number of carbonyl (C=O) groups is 1. The van der Waals surface area contributed by atoms with E-state index in [9.17, 15) is 9.90 Å². The summed E-state index contributed by atoms with van der Waals surface area (Å²) in [5.41, 5.74) is 0.188. The molecule has 0 bridgehead atoms. The molecule has 1 aromatic carbocycles. The summed E-state index contributed by atoms with van der Waals surface area (Å²) in [5, 5.41) is 13.1. The molecule has 0 aliphatic rings. The minimum absolute atomic E-state index is 0.188. The van der Waals surface area contributed by atoms with Crippen molar-refractivity contribution in [1.29, 1.82) is 0 Å². The maximum Gasteiger partial charge on any atom is 0.353 e. The van der Waals surface area contributed by atoms with Crippen LogP contribution in [-0.2, 0) is 0 Å². The van der Waals surface area contributed by atoms with E-state index in [-0.39, 0.29) is 5.69 Å². The molecule has 0 fully saturated rings. The number of H-pyrrole nitrogens is 1. The van der Waals surface area contributed by atoms with Crippen molar-refractivity contribution in [3.8, 4) is 0 Å². The lowest BCUT2D eigenvalue weighted by molar-refractivity contribution is 0.0688. The van der Waals surface area contributed by atoms with Gasteiger partial charge in [-0.25, -0.2) is 4.79 Å². The number of rotatable bonds is 3. The van der Waals surface area contributed by atoms with Crippen LogP contribution in [0.2, 0.25) is 10.0 Å². The molecule has 0 saturated heterocycles. The zero-order valence-corrected chi connectivity index (χ0v) is 13.0. The first-order valence-corrected chi connectivity index (χ1v) is 7.96. The van der Waals surface area contributed by atoms with Gasteiger partial charge in [-0.1, -0.05) is 35.0 Å². The van der Waals surface area contributed by atoms with Gasteiger partial charge in [-0.3, -0.25) is 0 Å². The molecule has 0 radical (unpaired) electrons. The number of carboxylic acids is 1. The fraction of sp³-hybridized carbons (Fsp3) is 0. The first-order chi connectivity index (χ1) is 9.54. The average molecular weight is 344 g/mol. The standard InChI is InChI=1S/C13H7Cl2NO2S2/c14-6-3-7(15)5-8(4-6)20-11-9-1-2-19-12(9)16-10(11)13(17)18/h1-5,16H,(H,17,18). The van der Waals surface area contributed by atoms with Gasteiger partial charge >= 0.3 is 5.97 Å². The van der Waals surface area contributed by atoms with Crippen LogP contribution in [0.15, 0.2) is 39.4 Å². The Kier molecular flexibility index (Phi) is 3.69. The van der Waals surface area contributed by atoms with Crippen molar-refractivity contribution in [2.75, 3.05) is 0 Å². The van der Waals surface area contributed by atoms with E-state index in [0.717, 1.165) is 15.1 Å². The topological polar surface area (TPSA) is 53.1 Å². The minimum atomic E-state index is -0.982. The van der Waals surface area contributed by atoms with Crippen LogP contribution in [0.5, 0.6) is 0 Å². The third-order valence-electron chi connectivity index (χ3n) is 2.65. The third-order valence-corrected chi connectivity index (χ3v) is 5.01. The van der Waals surface area contributed by atoms with Crippen molar-refractivity contribution in [1.82, 2.24) is 4.98 Å². The summed E-state index contributed by atoms with van der Waals surface area (Å²) < 4.78 is 0. The van der Waals surface area contributed by atoms with E-state index in [4.69, 9.17) is 23.2 Å². The molecular weight excluding hydrogens is 337 g/mol. The zero-order valence-electron chi connectivity index (χ0n) is 9.81. The third kappa shape index (κ3) is 2.54. The molecular formula is C13H7Cl2NO2S2. The molecule has 0 spiro atoms. The monoisotopic (exact) mass is 343 g/mol. The van der Waals surface area contributed by atoms with E-state index in [2.05, 4.69) is 4.98 Å². The highest BCUT2D eigenvalue weighted by molar-refractivity contribution is 7.99. The van der Waals surface area contributed by atoms with Gasteiger partial charge in [0.2, 0.25) is 0 Å².